The summed E-state index contributed by atoms with van der Waals surface area (Å²) in [6.07, 6.45) is 5.36. The summed E-state index contributed by atoms with van der Waals surface area (Å²) in [5.74, 6) is 0.667. The highest BCUT2D eigenvalue weighted by Crippen LogP contribution is 2.44. The van der Waals surface area contributed by atoms with Crippen LogP contribution < -0.4 is 15.0 Å². The standard InChI is InChI=1S/C23H32ClN3O4/c1-2-25-22(30)31-18-8-9-20(19(24)14-18)26-12-3-10-23(15-26)11-13-27(21(23)29)16-4-6-17(28)7-5-16/h8-9,14,16-17,28H,2-7,10-13,15H2,1H3,(H,25,30). The Labute approximate surface area is 188 Å². The van der Waals surface area contributed by atoms with Gasteiger partial charge < -0.3 is 25.0 Å². The van der Waals surface area contributed by atoms with Crippen molar-refractivity contribution < 1.29 is 19.4 Å². The zero-order valence-corrected chi connectivity index (χ0v) is 18.9. The van der Waals surface area contributed by atoms with Crippen molar-refractivity contribution in [1.82, 2.24) is 10.2 Å². The van der Waals surface area contributed by atoms with Gasteiger partial charge in [-0.25, -0.2) is 4.79 Å². The topological polar surface area (TPSA) is 82.1 Å². The highest BCUT2D eigenvalue weighted by molar-refractivity contribution is 6.33. The molecule has 31 heavy (non-hydrogen) atoms. The Balaban J connectivity index is 1.45. The molecular formula is C23H32ClN3O4. The fourth-order valence-corrected chi connectivity index (χ4v) is 5.67. The molecule has 0 radical (unpaired) electrons. The quantitative estimate of drug-likeness (QED) is 0.734. The van der Waals surface area contributed by atoms with Crippen LogP contribution in [0.25, 0.3) is 0 Å². The molecule has 1 aromatic carbocycles. The third-order valence-corrected chi connectivity index (χ3v) is 7.32. The molecule has 1 unspecified atom stereocenters. The highest BCUT2D eigenvalue weighted by atomic mass is 35.5. The first-order chi connectivity index (χ1) is 14.9. The van der Waals surface area contributed by atoms with Crippen molar-refractivity contribution in [3.63, 3.8) is 0 Å². The van der Waals surface area contributed by atoms with Gasteiger partial charge in [-0.1, -0.05) is 11.6 Å². The van der Waals surface area contributed by atoms with Crippen molar-refractivity contribution in [3.8, 4) is 5.75 Å². The first-order valence-electron chi connectivity index (χ1n) is 11.4. The summed E-state index contributed by atoms with van der Waals surface area (Å²) in [4.78, 5) is 29.4. The van der Waals surface area contributed by atoms with Gasteiger partial charge in [-0.2, -0.15) is 0 Å². The number of hydrogen-bond donors (Lipinski definition) is 2. The minimum atomic E-state index is -0.505. The second-order valence-electron chi connectivity index (χ2n) is 9.05. The number of amides is 2. The molecule has 2 amide bonds. The summed E-state index contributed by atoms with van der Waals surface area (Å²) in [5.41, 5.74) is 0.518. The summed E-state index contributed by atoms with van der Waals surface area (Å²) in [6, 6.07) is 5.53. The second-order valence-corrected chi connectivity index (χ2v) is 9.46. The van der Waals surface area contributed by atoms with Crippen molar-refractivity contribution >= 4 is 29.3 Å². The predicted octanol–water partition coefficient (Wildman–Crippen LogP) is 3.57. The van der Waals surface area contributed by atoms with E-state index in [1.54, 1.807) is 12.1 Å². The van der Waals surface area contributed by atoms with E-state index in [-0.39, 0.29) is 23.5 Å². The molecule has 1 saturated carbocycles. The molecule has 2 aliphatic heterocycles. The van der Waals surface area contributed by atoms with Gasteiger partial charge in [0.2, 0.25) is 5.91 Å². The Morgan fingerprint density at radius 2 is 2.03 bits per heavy atom. The number of carbonyl (C=O) groups is 2. The zero-order chi connectivity index (χ0) is 22.0. The number of aliphatic hydroxyl groups excluding tert-OH is 1. The van der Waals surface area contributed by atoms with E-state index < -0.39 is 6.09 Å². The lowest BCUT2D eigenvalue weighted by Gasteiger charge is -2.41. The molecule has 2 heterocycles. The number of nitrogens with zero attached hydrogens (tertiary/aromatic N) is 2. The largest absolute Gasteiger partial charge is 0.412 e. The van der Waals surface area contributed by atoms with E-state index in [4.69, 9.17) is 16.3 Å². The van der Waals surface area contributed by atoms with E-state index in [9.17, 15) is 14.7 Å². The molecule has 3 aliphatic rings. The Morgan fingerprint density at radius 3 is 2.74 bits per heavy atom. The van der Waals surface area contributed by atoms with Gasteiger partial charge in [-0.05, 0) is 64.0 Å². The third kappa shape index (κ3) is 4.62. The fourth-order valence-electron chi connectivity index (χ4n) is 5.38. The van der Waals surface area contributed by atoms with E-state index in [1.807, 2.05) is 13.0 Å². The van der Waals surface area contributed by atoms with Crippen LogP contribution in [0.15, 0.2) is 18.2 Å². The first kappa shape index (κ1) is 22.2. The van der Waals surface area contributed by atoms with Gasteiger partial charge in [-0.15, -0.1) is 0 Å². The van der Waals surface area contributed by atoms with Crippen LogP contribution >= 0.6 is 11.6 Å². The number of likely N-dealkylation sites (tertiary alicyclic amines) is 1. The van der Waals surface area contributed by atoms with Crippen LogP contribution in [-0.4, -0.2) is 60.3 Å². The summed E-state index contributed by atoms with van der Waals surface area (Å²) in [5, 5.41) is 12.9. The smallest absolute Gasteiger partial charge is 0.410 e. The molecular weight excluding hydrogens is 418 g/mol. The van der Waals surface area contributed by atoms with Gasteiger partial charge in [0.05, 0.1) is 22.2 Å². The van der Waals surface area contributed by atoms with Crippen molar-refractivity contribution in [2.24, 2.45) is 5.41 Å². The van der Waals surface area contributed by atoms with E-state index in [0.717, 1.165) is 63.7 Å². The van der Waals surface area contributed by atoms with Gasteiger partial charge in [0.1, 0.15) is 5.75 Å². The Bertz CT molecular complexity index is 827. The van der Waals surface area contributed by atoms with Gasteiger partial charge in [-0.3, -0.25) is 4.79 Å². The molecule has 8 heteroatoms. The molecule has 4 rings (SSSR count). The van der Waals surface area contributed by atoms with Gasteiger partial charge in [0.25, 0.3) is 0 Å². The molecule has 1 atom stereocenters. The van der Waals surface area contributed by atoms with E-state index in [1.165, 1.54) is 0 Å². The van der Waals surface area contributed by atoms with E-state index in [2.05, 4.69) is 15.1 Å². The number of anilines is 1. The number of nitrogens with one attached hydrogen (secondary N) is 1. The molecule has 0 aromatic heterocycles. The number of piperidine rings is 1. The predicted molar refractivity (Wildman–Crippen MR) is 120 cm³/mol. The van der Waals surface area contributed by atoms with Crippen LogP contribution in [-0.2, 0) is 4.79 Å². The number of benzene rings is 1. The average Bonchev–Trinajstić information content (AvgIpc) is 3.04. The number of aliphatic hydroxyl groups is 1. The van der Waals surface area contributed by atoms with Crippen LogP contribution in [0.1, 0.15) is 51.9 Å². The first-order valence-corrected chi connectivity index (χ1v) is 11.8. The maximum atomic E-state index is 13.5. The maximum Gasteiger partial charge on any atom is 0.412 e. The number of halogens is 1. The molecule has 0 bridgehead atoms. The van der Waals surface area contributed by atoms with Gasteiger partial charge in [0, 0.05) is 38.3 Å². The number of ether oxygens (including phenoxy) is 1. The Hall–Kier alpha value is -1.99. The Kier molecular flexibility index (Phi) is 6.63. The average molecular weight is 450 g/mol. The summed E-state index contributed by atoms with van der Waals surface area (Å²) >= 11 is 6.55. The fraction of sp³-hybridized carbons (Fsp3) is 0.652. The minimum Gasteiger partial charge on any atom is -0.410 e. The lowest BCUT2D eigenvalue weighted by atomic mass is 9.78. The monoisotopic (exact) mass is 449 g/mol. The third-order valence-electron chi connectivity index (χ3n) is 7.02. The molecule has 1 aromatic rings. The van der Waals surface area contributed by atoms with Crippen molar-refractivity contribution in [2.75, 3.05) is 31.1 Å². The molecule has 1 aliphatic carbocycles. The highest BCUT2D eigenvalue weighted by Gasteiger charge is 2.50. The number of rotatable bonds is 4. The van der Waals surface area contributed by atoms with E-state index in [0.29, 0.717) is 23.9 Å². The van der Waals surface area contributed by atoms with Crippen LogP contribution in [0.2, 0.25) is 5.02 Å². The lowest BCUT2D eigenvalue weighted by molar-refractivity contribution is -0.139. The molecule has 170 valence electrons. The molecule has 7 nitrogen and oxygen atoms in total. The van der Waals surface area contributed by atoms with E-state index >= 15 is 0 Å². The zero-order valence-electron chi connectivity index (χ0n) is 18.1. The van der Waals surface area contributed by atoms with Crippen molar-refractivity contribution in [1.29, 1.82) is 0 Å². The SMILES string of the molecule is CCNC(=O)Oc1ccc(N2CCCC3(CCN(C4CCC(O)CC4)C3=O)C2)c(Cl)c1. The molecule has 2 saturated heterocycles. The summed E-state index contributed by atoms with van der Waals surface area (Å²) < 4.78 is 5.25. The normalized spacial score (nSPS) is 28.8. The minimum absolute atomic E-state index is 0.213. The maximum absolute atomic E-state index is 13.5. The second kappa shape index (κ2) is 9.25. The van der Waals surface area contributed by atoms with Crippen LogP contribution in [0, 0.1) is 5.41 Å². The summed E-state index contributed by atoms with van der Waals surface area (Å²) in [6.45, 7) is 4.63. The molecule has 1 spiro atoms. The number of hydrogen-bond acceptors (Lipinski definition) is 5. The van der Waals surface area contributed by atoms with Crippen LogP contribution in [0.4, 0.5) is 10.5 Å². The van der Waals surface area contributed by atoms with Gasteiger partial charge in [0.15, 0.2) is 0 Å². The lowest BCUT2D eigenvalue weighted by Crippen LogP contribution is -2.50. The van der Waals surface area contributed by atoms with Gasteiger partial charge >= 0.3 is 6.09 Å². The summed E-state index contributed by atoms with van der Waals surface area (Å²) in [7, 11) is 0. The molecule has 3 fully saturated rings. The van der Waals surface area contributed by atoms with Crippen LogP contribution in [0.3, 0.4) is 0 Å². The van der Waals surface area contributed by atoms with Crippen molar-refractivity contribution in [3.05, 3.63) is 23.2 Å². The Morgan fingerprint density at radius 1 is 1.26 bits per heavy atom. The number of carbonyl (C=O) groups excluding carboxylic acids is 2. The molecule has 2 N–H and O–H groups in total. The van der Waals surface area contributed by atoms with Crippen molar-refractivity contribution in [2.45, 2.75) is 64.0 Å². The van der Waals surface area contributed by atoms with Crippen LogP contribution in [0.5, 0.6) is 5.75 Å².